The zero-order chi connectivity index (χ0) is 8.06. The Kier molecular flexibility index (Phi) is 1.47. The van der Waals surface area contributed by atoms with E-state index in [9.17, 15) is 8.42 Å². The maximum atomic E-state index is 10.9. The van der Waals surface area contributed by atoms with Crippen LogP contribution in [0.25, 0.3) is 0 Å². The van der Waals surface area contributed by atoms with Gasteiger partial charge in [-0.05, 0) is 0 Å². The van der Waals surface area contributed by atoms with Gasteiger partial charge in [-0.1, -0.05) is 0 Å². The Morgan fingerprint density at radius 2 is 2.18 bits per heavy atom. The van der Waals surface area contributed by atoms with Crippen molar-refractivity contribution < 1.29 is 18.3 Å². The van der Waals surface area contributed by atoms with Crippen LogP contribution in [0.2, 0.25) is 0 Å². The van der Waals surface area contributed by atoms with Crippen LogP contribution in [-0.4, -0.2) is 43.6 Å². The fraction of sp³-hybridized carbons (Fsp3) is 1.00. The molecule has 2 N–H and O–H groups in total. The van der Waals surface area contributed by atoms with Crippen LogP contribution in [0.5, 0.6) is 0 Å². The van der Waals surface area contributed by atoms with E-state index < -0.39 is 16.3 Å². The minimum atomic E-state index is -2.93. The highest BCUT2D eigenvalue weighted by Gasteiger charge is 2.44. The molecule has 0 aromatic rings. The molecular formula is C5H9NO4S. The summed E-state index contributed by atoms with van der Waals surface area (Å²) in [6.07, 6.45) is -1.34. The molecule has 64 valence electrons. The van der Waals surface area contributed by atoms with E-state index in [1.165, 1.54) is 0 Å². The van der Waals surface area contributed by atoms with E-state index in [1.807, 2.05) is 0 Å². The van der Waals surface area contributed by atoms with Crippen molar-refractivity contribution in [2.24, 2.45) is 0 Å². The largest absolute Gasteiger partial charge is 0.356 e. The van der Waals surface area contributed by atoms with Crippen LogP contribution >= 0.6 is 0 Å². The Hall–Kier alpha value is -0.170. The van der Waals surface area contributed by atoms with E-state index in [0.29, 0.717) is 0 Å². The number of aliphatic hydroxyl groups excluding tert-OH is 1. The Bertz CT molecular complexity index is 242. The number of hydrogen-bond donors (Lipinski definition) is 2. The molecule has 0 spiro atoms. The van der Waals surface area contributed by atoms with Crippen molar-refractivity contribution in [1.82, 2.24) is 5.32 Å². The predicted molar refractivity (Wildman–Crippen MR) is 36.5 cm³/mol. The van der Waals surface area contributed by atoms with Gasteiger partial charge < -0.3 is 9.84 Å². The van der Waals surface area contributed by atoms with E-state index in [4.69, 9.17) is 9.84 Å². The Morgan fingerprint density at radius 3 is 2.82 bits per heavy atom. The van der Waals surface area contributed by atoms with Crippen molar-refractivity contribution in [3.8, 4) is 0 Å². The zero-order valence-electron chi connectivity index (χ0n) is 5.73. The van der Waals surface area contributed by atoms with E-state index >= 15 is 0 Å². The van der Waals surface area contributed by atoms with Crippen molar-refractivity contribution in [3.63, 3.8) is 0 Å². The highest BCUT2D eigenvalue weighted by Crippen LogP contribution is 2.21. The molecular weight excluding hydrogens is 170 g/mol. The van der Waals surface area contributed by atoms with Crippen LogP contribution < -0.4 is 5.32 Å². The average Bonchev–Trinajstić information content (AvgIpc) is 2.17. The Balaban J connectivity index is 2.16. The highest BCUT2D eigenvalue weighted by atomic mass is 32.2. The molecule has 2 aliphatic rings. The third-order valence-corrected chi connectivity index (χ3v) is 3.66. The molecule has 0 aliphatic carbocycles. The van der Waals surface area contributed by atoms with Gasteiger partial charge in [0.05, 0.1) is 23.7 Å². The molecule has 0 saturated carbocycles. The van der Waals surface area contributed by atoms with Crippen LogP contribution in [-0.2, 0) is 14.6 Å². The summed E-state index contributed by atoms with van der Waals surface area (Å²) in [5.41, 5.74) is 0. The van der Waals surface area contributed by atoms with Crippen molar-refractivity contribution in [3.05, 3.63) is 0 Å². The van der Waals surface area contributed by atoms with E-state index in [-0.39, 0.29) is 23.7 Å². The van der Waals surface area contributed by atoms with Crippen LogP contribution in [0.15, 0.2) is 0 Å². The first-order chi connectivity index (χ1) is 5.07. The first-order valence-corrected chi connectivity index (χ1v) is 5.19. The summed E-state index contributed by atoms with van der Waals surface area (Å²) in [5.74, 6) is 0.108. The molecule has 0 radical (unpaired) electrons. The van der Waals surface area contributed by atoms with E-state index in [0.717, 1.165) is 0 Å². The van der Waals surface area contributed by atoms with Crippen LogP contribution in [0, 0.1) is 0 Å². The molecule has 2 aliphatic heterocycles. The number of fused-ring (bicyclic) bond motifs is 1. The third kappa shape index (κ3) is 1.26. The second-order valence-corrected chi connectivity index (χ2v) is 5.03. The summed E-state index contributed by atoms with van der Waals surface area (Å²) >= 11 is 0. The monoisotopic (exact) mass is 179 g/mol. The second kappa shape index (κ2) is 2.16. The van der Waals surface area contributed by atoms with Crippen LogP contribution in [0.4, 0.5) is 0 Å². The molecule has 5 nitrogen and oxygen atoms in total. The number of sulfone groups is 1. The smallest absolute Gasteiger partial charge is 0.214 e. The van der Waals surface area contributed by atoms with Gasteiger partial charge in [0.15, 0.2) is 9.84 Å². The molecule has 2 fully saturated rings. The minimum absolute atomic E-state index is 0.0295. The average molecular weight is 179 g/mol. The lowest BCUT2D eigenvalue weighted by Crippen LogP contribution is -2.33. The standard InChI is InChI=1S/C5H9NO4S/c7-5-6-3-1-11(8,9)2-4(3)10-5/h3-7H,1-2H2/t3-,4-,5?/m1/s1. The number of rotatable bonds is 0. The zero-order valence-corrected chi connectivity index (χ0v) is 6.54. The predicted octanol–water partition coefficient (Wildman–Crippen LogP) is -1.95. The topological polar surface area (TPSA) is 75.6 Å². The van der Waals surface area contributed by atoms with Crippen molar-refractivity contribution >= 4 is 9.84 Å². The maximum Gasteiger partial charge on any atom is 0.214 e. The first-order valence-electron chi connectivity index (χ1n) is 3.37. The normalized spacial score (nSPS) is 47.5. The van der Waals surface area contributed by atoms with Crippen LogP contribution in [0.1, 0.15) is 0 Å². The van der Waals surface area contributed by atoms with Gasteiger partial charge in [0.1, 0.15) is 0 Å². The van der Waals surface area contributed by atoms with Gasteiger partial charge in [-0.3, -0.25) is 5.32 Å². The summed E-state index contributed by atoms with van der Waals surface area (Å²) in [7, 11) is -2.93. The number of nitrogens with one attached hydrogen (secondary N) is 1. The van der Waals surface area contributed by atoms with Gasteiger partial charge in [-0.15, -0.1) is 0 Å². The van der Waals surface area contributed by atoms with Gasteiger partial charge in [0.25, 0.3) is 0 Å². The molecule has 0 aromatic carbocycles. The number of ether oxygens (including phenoxy) is 1. The summed E-state index contributed by atoms with van der Waals surface area (Å²) in [6, 6.07) is -0.213. The van der Waals surface area contributed by atoms with Gasteiger partial charge in [-0.2, -0.15) is 0 Å². The molecule has 0 bridgehead atoms. The molecule has 0 aromatic heterocycles. The Labute approximate surface area is 64.3 Å². The molecule has 2 rings (SSSR count). The highest BCUT2D eigenvalue weighted by molar-refractivity contribution is 7.91. The van der Waals surface area contributed by atoms with Crippen molar-refractivity contribution in [1.29, 1.82) is 0 Å². The fourth-order valence-electron chi connectivity index (χ4n) is 1.49. The molecule has 3 atom stereocenters. The molecule has 1 unspecified atom stereocenters. The van der Waals surface area contributed by atoms with Gasteiger partial charge in [-0.25, -0.2) is 8.42 Å². The molecule has 6 heteroatoms. The van der Waals surface area contributed by atoms with Gasteiger partial charge in [0.2, 0.25) is 6.41 Å². The van der Waals surface area contributed by atoms with Crippen molar-refractivity contribution in [2.45, 2.75) is 18.6 Å². The summed E-state index contributed by atoms with van der Waals surface area (Å²) in [4.78, 5) is 0. The lowest BCUT2D eigenvalue weighted by Gasteiger charge is -2.03. The summed E-state index contributed by atoms with van der Waals surface area (Å²) in [6.45, 7) is 0. The first kappa shape index (κ1) is 7.48. The minimum Gasteiger partial charge on any atom is -0.356 e. The van der Waals surface area contributed by atoms with E-state index in [2.05, 4.69) is 5.32 Å². The lowest BCUT2D eigenvalue weighted by molar-refractivity contribution is -0.0943. The third-order valence-electron chi connectivity index (χ3n) is 1.96. The molecule has 11 heavy (non-hydrogen) atoms. The fourth-order valence-corrected chi connectivity index (χ4v) is 3.30. The molecule has 2 heterocycles. The quantitative estimate of drug-likeness (QED) is 0.452. The van der Waals surface area contributed by atoms with Crippen LogP contribution in [0.3, 0.4) is 0 Å². The second-order valence-electron chi connectivity index (χ2n) is 2.88. The lowest BCUT2D eigenvalue weighted by atomic mass is 10.2. The molecule has 2 saturated heterocycles. The van der Waals surface area contributed by atoms with Gasteiger partial charge >= 0.3 is 0 Å². The number of hydrogen-bond acceptors (Lipinski definition) is 5. The molecule has 0 amide bonds. The summed E-state index contributed by atoms with van der Waals surface area (Å²) in [5, 5.41) is 11.5. The van der Waals surface area contributed by atoms with E-state index in [1.54, 1.807) is 0 Å². The number of aliphatic hydroxyl groups is 1. The SMILES string of the molecule is O=S1(=O)C[C@H]2NC(O)O[C@@H]2C1. The van der Waals surface area contributed by atoms with Crippen molar-refractivity contribution in [2.75, 3.05) is 11.5 Å². The van der Waals surface area contributed by atoms with Gasteiger partial charge in [0, 0.05) is 0 Å². The Morgan fingerprint density at radius 1 is 1.45 bits per heavy atom. The maximum absolute atomic E-state index is 10.9. The summed E-state index contributed by atoms with van der Waals surface area (Å²) < 4.78 is 26.8.